The molecule has 0 aromatic carbocycles. The summed E-state index contributed by atoms with van der Waals surface area (Å²) < 4.78 is 31.3. The highest BCUT2D eigenvalue weighted by molar-refractivity contribution is 7.90. The van der Waals surface area contributed by atoms with Crippen molar-refractivity contribution in [2.24, 2.45) is 0 Å². The summed E-state index contributed by atoms with van der Waals surface area (Å²) in [7, 11) is -3.09. The number of hydrogen-bond donors (Lipinski definition) is 0. The van der Waals surface area contributed by atoms with Gasteiger partial charge >= 0.3 is 0 Å². The number of rotatable bonds is 4. The summed E-state index contributed by atoms with van der Waals surface area (Å²) in [6, 6.07) is 3.86. The fourth-order valence-corrected chi connectivity index (χ4v) is 5.19. The van der Waals surface area contributed by atoms with E-state index in [9.17, 15) is 8.42 Å². The fraction of sp³-hybridized carbons (Fsp3) is 0.538. The first kappa shape index (κ1) is 13.4. The van der Waals surface area contributed by atoms with Crippen molar-refractivity contribution in [1.82, 2.24) is 14.4 Å². The van der Waals surface area contributed by atoms with Crippen LogP contribution < -0.4 is 0 Å². The van der Waals surface area contributed by atoms with Crippen molar-refractivity contribution < 1.29 is 12.9 Å². The fourth-order valence-electron chi connectivity index (χ4n) is 2.65. The molecule has 1 atom stereocenters. The third kappa shape index (κ3) is 2.41. The van der Waals surface area contributed by atoms with Gasteiger partial charge in [-0.05, 0) is 30.7 Å². The lowest BCUT2D eigenvalue weighted by atomic mass is 10.1. The smallest absolute Gasteiger partial charge is 0.267 e. The summed E-state index contributed by atoms with van der Waals surface area (Å²) in [5, 5.41) is 5.84. The van der Waals surface area contributed by atoms with Crippen LogP contribution in [0.2, 0.25) is 0 Å². The van der Waals surface area contributed by atoms with Crippen molar-refractivity contribution in [2.45, 2.75) is 30.4 Å². The van der Waals surface area contributed by atoms with Crippen molar-refractivity contribution in [3.8, 4) is 10.8 Å². The molecule has 1 saturated heterocycles. The largest absolute Gasteiger partial charge is 0.333 e. The molecule has 3 heterocycles. The van der Waals surface area contributed by atoms with E-state index >= 15 is 0 Å². The number of sulfonamides is 1. The van der Waals surface area contributed by atoms with E-state index in [1.54, 1.807) is 15.6 Å². The van der Waals surface area contributed by atoms with Gasteiger partial charge in [-0.3, -0.25) is 0 Å². The molecule has 6 nitrogen and oxygen atoms in total. The minimum absolute atomic E-state index is 0.0380. The zero-order valence-electron chi connectivity index (χ0n) is 11.3. The maximum absolute atomic E-state index is 12.2. The van der Waals surface area contributed by atoms with E-state index < -0.39 is 10.0 Å². The molecule has 8 heteroatoms. The zero-order chi connectivity index (χ0) is 14.4. The number of nitrogens with zero attached hydrogens (tertiary/aromatic N) is 3. The third-order valence-corrected chi connectivity index (χ3v) is 7.22. The Kier molecular flexibility index (Phi) is 3.13. The van der Waals surface area contributed by atoms with Gasteiger partial charge in [-0.25, -0.2) is 12.7 Å². The number of hydrogen-bond acceptors (Lipinski definition) is 6. The Balaban J connectivity index is 1.51. The topological polar surface area (TPSA) is 76.3 Å². The van der Waals surface area contributed by atoms with Crippen LogP contribution in [0.15, 0.2) is 22.0 Å². The van der Waals surface area contributed by atoms with E-state index in [2.05, 4.69) is 10.1 Å². The van der Waals surface area contributed by atoms with Gasteiger partial charge in [0.25, 0.3) is 5.89 Å². The van der Waals surface area contributed by atoms with Crippen molar-refractivity contribution >= 4 is 21.4 Å². The monoisotopic (exact) mass is 325 g/mol. The second kappa shape index (κ2) is 4.89. The van der Waals surface area contributed by atoms with E-state index in [0.29, 0.717) is 24.8 Å². The second-order valence-corrected chi connectivity index (χ2v) is 8.68. The minimum atomic E-state index is -3.09. The van der Waals surface area contributed by atoms with Crippen molar-refractivity contribution in [1.29, 1.82) is 0 Å². The van der Waals surface area contributed by atoms with Crippen molar-refractivity contribution in [3.05, 3.63) is 23.3 Å². The molecule has 1 saturated carbocycles. The first-order chi connectivity index (χ1) is 10.1. The molecule has 2 aliphatic rings. The van der Waals surface area contributed by atoms with Crippen LogP contribution in [0.25, 0.3) is 10.8 Å². The highest BCUT2D eigenvalue weighted by Crippen LogP contribution is 2.36. The van der Waals surface area contributed by atoms with E-state index in [-0.39, 0.29) is 11.2 Å². The van der Waals surface area contributed by atoms with Crippen LogP contribution in [0, 0.1) is 0 Å². The molecule has 1 aliphatic carbocycles. The summed E-state index contributed by atoms with van der Waals surface area (Å²) in [6.45, 7) is 1.04. The zero-order valence-corrected chi connectivity index (χ0v) is 12.9. The molecule has 21 heavy (non-hydrogen) atoms. The Morgan fingerprint density at radius 3 is 2.90 bits per heavy atom. The predicted molar refractivity (Wildman–Crippen MR) is 78.5 cm³/mol. The highest BCUT2D eigenvalue weighted by atomic mass is 32.2. The Labute approximate surface area is 126 Å². The van der Waals surface area contributed by atoms with Gasteiger partial charge in [0.05, 0.1) is 10.1 Å². The molecule has 0 unspecified atom stereocenters. The van der Waals surface area contributed by atoms with E-state index in [0.717, 1.165) is 24.1 Å². The molecule has 2 fully saturated rings. The van der Waals surface area contributed by atoms with Crippen molar-refractivity contribution in [2.75, 3.05) is 13.1 Å². The van der Waals surface area contributed by atoms with Gasteiger partial charge < -0.3 is 4.52 Å². The summed E-state index contributed by atoms with van der Waals surface area (Å²) in [6.07, 6.45) is 2.36. The average molecular weight is 325 g/mol. The molecule has 2 aromatic rings. The average Bonchev–Trinajstić information content (AvgIpc) is 2.93. The van der Waals surface area contributed by atoms with Crippen LogP contribution in [0.4, 0.5) is 0 Å². The lowest BCUT2D eigenvalue weighted by Gasteiger charge is -2.15. The number of thiophene rings is 1. The van der Waals surface area contributed by atoms with Crippen molar-refractivity contribution in [3.63, 3.8) is 0 Å². The summed E-state index contributed by atoms with van der Waals surface area (Å²) in [4.78, 5) is 5.36. The van der Waals surface area contributed by atoms with Gasteiger partial charge in [0.15, 0.2) is 5.82 Å². The van der Waals surface area contributed by atoms with Crippen LogP contribution in [-0.2, 0) is 10.0 Å². The van der Waals surface area contributed by atoms with E-state index in [1.807, 2.05) is 17.5 Å². The Hall–Kier alpha value is -1.25. The molecule has 0 bridgehead atoms. The standard InChI is InChI=1S/C13H15N3O3S2/c17-21(18,10-3-4-10)16-6-5-9(8-16)12-14-13(19-15-12)11-2-1-7-20-11/h1-2,7,9-10H,3-6,8H2/t9-/m1/s1. The first-order valence-corrected chi connectivity index (χ1v) is 9.39. The Morgan fingerprint density at radius 1 is 1.33 bits per heavy atom. The van der Waals surface area contributed by atoms with E-state index in [4.69, 9.17) is 4.52 Å². The molecule has 2 aromatic heterocycles. The highest BCUT2D eigenvalue weighted by Gasteiger charge is 2.43. The molecule has 0 amide bonds. The Bertz CT molecular complexity index is 735. The molecule has 0 spiro atoms. The quantitative estimate of drug-likeness (QED) is 0.860. The molecular formula is C13H15N3O3S2. The van der Waals surface area contributed by atoms with Gasteiger partial charge in [-0.15, -0.1) is 11.3 Å². The van der Waals surface area contributed by atoms with Gasteiger partial charge in [0.1, 0.15) is 0 Å². The van der Waals surface area contributed by atoms with Crippen LogP contribution in [0.3, 0.4) is 0 Å². The first-order valence-electron chi connectivity index (χ1n) is 7.01. The van der Waals surface area contributed by atoms with Crippen LogP contribution in [0.5, 0.6) is 0 Å². The summed E-state index contributed by atoms with van der Waals surface area (Å²) in [5.74, 6) is 1.17. The molecule has 4 rings (SSSR count). The molecule has 1 aliphatic heterocycles. The second-order valence-electron chi connectivity index (χ2n) is 5.52. The predicted octanol–water partition coefficient (Wildman–Crippen LogP) is 2.08. The van der Waals surface area contributed by atoms with Gasteiger partial charge in [0, 0.05) is 19.0 Å². The molecule has 112 valence electrons. The van der Waals surface area contributed by atoms with Gasteiger partial charge in [-0.1, -0.05) is 11.2 Å². The van der Waals surface area contributed by atoms with Crippen LogP contribution in [0.1, 0.15) is 31.0 Å². The lowest BCUT2D eigenvalue weighted by molar-refractivity contribution is 0.415. The lowest BCUT2D eigenvalue weighted by Crippen LogP contribution is -2.31. The molecule has 0 N–H and O–H groups in total. The summed E-state index contributed by atoms with van der Waals surface area (Å²) >= 11 is 1.55. The molecule has 0 radical (unpaired) electrons. The normalized spacial score (nSPS) is 23.7. The minimum Gasteiger partial charge on any atom is -0.333 e. The third-order valence-electron chi connectivity index (χ3n) is 4.00. The maximum atomic E-state index is 12.2. The van der Waals surface area contributed by atoms with Crippen LogP contribution in [-0.4, -0.2) is 41.2 Å². The summed E-state index contributed by atoms with van der Waals surface area (Å²) in [5.41, 5.74) is 0. The Morgan fingerprint density at radius 2 is 2.19 bits per heavy atom. The van der Waals surface area contributed by atoms with Crippen LogP contribution >= 0.6 is 11.3 Å². The SMILES string of the molecule is O=S(=O)(C1CC1)N1CC[C@@H](c2noc(-c3cccs3)n2)C1. The van der Waals surface area contributed by atoms with Gasteiger partial charge in [0.2, 0.25) is 10.0 Å². The van der Waals surface area contributed by atoms with E-state index in [1.165, 1.54) is 0 Å². The van der Waals surface area contributed by atoms with Gasteiger partial charge in [-0.2, -0.15) is 4.98 Å². The maximum Gasteiger partial charge on any atom is 0.267 e. The number of aromatic nitrogens is 2. The molecular weight excluding hydrogens is 310 g/mol.